The number of ether oxygens (including phenoxy) is 3. The third kappa shape index (κ3) is 13.3. The molecule has 0 atom stereocenters. The summed E-state index contributed by atoms with van der Waals surface area (Å²) in [6, 6.07) is 5.51. The Kier molecular flexibility index (Phi) is 16.2. The van der Waals surface area contributed by atoms with E-state index in [2.05, 4.69) is 13.2 Å². The number of halogens is 1. The quantitative estimate of drug-likeness (QED) is 0.0965. The summed E-state index contributed by atoms with van der Waals surface area (Å²) in [7, 11) is 0. The van der Waals surface area contributed by atoms with Crippen LogP contribution in [-0.2, 0) is 19.1 Å². The number of esters is 2. The predicted octanol–water partition coefficient (Wildman–Crippen LogP) is 8.23. The van der Waals surface area contributed by atoms with Gasteiger partial charge in [-0.05, 0) is 74.5 Å². The average molecular weight is 531 g/mol. The lowest BCUT2D eigenvalue weighted by molar-refractivity contribution is -0.138. The topological polar surface area (TPSA) is 61.8 Å². The molecule has 0 unspecified atom stereocenters. The first-order valence-electron chi connectivity index (χ1n) is 14.5. The standard InChI is InChI=1S/C32H47FO5/c1-3-31(34)37-23-13-8-5-7-11-15-26-16-18-27(19-17-26)28-20-21-30(29(33)25-28)36-22-12-9-6-10-14-24-38-32(35)4-2/h3-4,20-21,25-27H,1-2,5-19,22-24H2. The van der Waals surface area contributed by atoms with Crippen LogP contribution in [0.5, 0.6) is 5.75 Å². The van der Waals surface area contributed by atoms with Crippen molar-refractivity contribution in [3.05, 3.63) is 54.9 Å². The van der Waals surface area contributed by atoms with E-state index in [1.165, 1.54) is 50.7 Å². The average Bonchev–Trinajstić information content (AvgIpc) is 2.94. The molecule has 0 bridgehead atoms. The fourth-order valence-corrected chi connectivity index (χ4v) is 5.12. The SMILES string of the molecule is C=CC(=O)OCCCCCCCOc1ccc(C2CCC(CCCCCCCOC(=O)C=C)CC2)cc1F. The van der Waals surface area contributed by atoms with Gasteiger partial charge < -0.3 is 14.2 Å². The second-order valence-electron chi connectivity index (χ2n) is 10.3. The van der Waals surface area contributed by atoms with Gasteiger partial charge in [-0.2, -0.15) is 0 Å². The second kappa shape index (κ2) is 19.4. The Balaban J connectivity index is 1.52. The van der Waals surface area contributed by atoms with E-state index < -0.39 is 0 Å². The van der Waals surface area contributed by atoms with Crippen molar-refractivity contribution in [1.29, 1.82) is 0 Å². The summed E-state index contributed by atoms with van der Waals surface area (Å²) in [6.07, 6.45) is 18.8. The smallest absolute Gasteiger partial charge is 0.330 e. The van der Waals surface area contributed by atoms with Gasteiger partial charge in [-0.3, -0.25) is 0 Å². The van der Waals surface area contributed by atoms with Gasteiger partial charge in [0.25, 0.3) is 0 Å². The highest BCUT2D eigenvalue weighted by Gasteiger charge is 2.23. The van der Waals surface area contributed by atoms with Crippen molar-refractivity contribution in [2.75, 3.05) is 19.8 Å². The van der Waals surface area contributed by atoms with Gasteiger partial charge in [-0.1, -0.05) is 70.6 Å². The first-order chi connectivity index (χ1) is 18.5. The molecule has 1 aromatic rings. The maximum atomic E-state index is 14.7. The molecule has 6 heteroatoms. The molecule has 0 heterocycles. The van der Waals surface area contributed by atoms with E-state index in [4.69, 9.17) is 14.2 Å². The maximum Gasteiger partial charge on any atom is 0.330 e. The van der Waals surface area contributed by atoms with Gasteiger partial charge in [-0.25, -0.2) is 14.0 Å². The number of rotatable bonds is 20. The lowest BCUT2D eigenvalue weighted by atomic mass is 9.77. The van der Waals surface area contributed by atoms with Crippen molar-refractivity contribution in [3.63, 3.8) is 0 Å². The van der Waals surface area contributed by atoms with Crippen LogP contribution < -0.4 is 4.74 Å². The monoisotopic (exact) mass is 530 g/mol. The minimum Gasteiger partial charge on any atom is -0.491 e. The van der Waals surface area contributed by atoms with Crippen molar-refractivity contribution in [2.24, 2.45) is 5.92 Å². The third-order valence-electron chi connectivity index (χ3n) is 7.40. The van der Waals surface area contributed by atoms with E-state index in [-0.39, 0.29) is 17.8 Å². The van der Waals surface area contributed by atoms with Crippen molar-refractivity contribution in [1.82, 2.24) is 0 Å². The number of hydrogen-bond acceptors (Lipinski definition) is 5. The second-order valence-corrected chi connectivity index (χ2v) is 10.3. The minimum absolute atomic E-state index is 0.257. The Morgan fingerprint density at radius 2 is 1.29 bits per heavy atom. The molecule has 1 fully saturated rings. The molecule has 1 aliphatic carbocycles. The third-order valence-corrected chi connectivity index (χ3v) is 7.40. The molecule has 2 rings (SSSR count). The van der Waals surface area contributed by atoms with Crippen LogP contribution in [0.15, 0.2) is 43.5 Å². The van der Waals surface area contributed by atoms with Crippen LogP contribution in [-0.4, -0.2) is 31.8 Å². The molecule has 0 saturated heterocycles. The maximum absolute atomic E-state index is 14.7. The lowest BCUT2D eigenvalue weighted by Gasteiger charge is -2.29. The van der Waals surface area contributed by atoms with Crippen LogP contribution in [0.4, 0.5) is 4.39 Å². The van der Waals surface area contributed by atoms with Crippen molar-refractivity contribution in [2.45, 2.75) is 102 Å². The van der Waals surface area contributed by atoms with Crippen LogP contribution in [0.2, 0.25) is 0 Å². The van der Waals surface area contributed by atoms with Crippen LogP contribution >= 0.6 is 0 Å². The number of carbonyl (C=O) groups excluding carboxylic acids is 2. The molecule has 38 heavy (non-hydrogen) atoms. The molecule has 0 amide bonds. The molecule has 0 aliphatic heterocycles. The summed E-state index contributed by atoms with van der Waals surface area (Å²) >= 11 is 0. The highest BCUT2D eigenvalue weighted by atomic mass is 19.1. The normalized spacial score (nSPS) is 17.0. The van der Waals surface area contributed by atoms with Gasteiger partial charge in [0.2, 0.25) is 0 Å². The zero-order chi connectivity index (χ0) is 27.4. The Bertz CT molecular complexity index is 844. The van der Waals surface area contributed by atoms with E-state index in [0.29, 0.717) is 31.5 Å². The number of hydrogen-bond donors (Lipinski definition) is 0. The zero-order valence-corrected chi connectivity index (χ0v) is 23.1. The fraction of sp³-hybridized carbons (Fsp3) is 0.625. The van der Waals surface area contributed by atoms with Crippen molar-refractivity contribution >= 4 is 11.9 Å². The first-order valence-corrected chi connectivity index (χ1v) is 14.5. The van der Waals surface area contributed by atoms with Crippen LogP contribution in [0.3, 0.4) is 0 Å². The summed E-state index contributed by atoms with van der Waals surface area (Å²) in [5.41, 5.74) is 1.10. The summed E-state index contributed by atoms with van der Waals surface area (Å²) in [6.45, 7) is 8.19. The Labute approximate surface area is 228 Å². The summed E-state index contributed by atoms with van der Waals surface area (Å²) in [4.78, 5) is 22.0. The number of unbranched alkanes of at least 4 members (excludes halogenated alkanes) is 8. The van der Waals surface area contributed by atoms with Gasteiger partial charge in [-0.15, -0.1) is 0 Å². The zero-order valence-electron chi connectivity index (χ0n) is 23.1. The van der Waals surface area contributed by atoms with Crippen molar-refractivity contribution < 1.29 is 28.2 Å². The highest BCUT2D eigenvalue weighted by Crippen LogP contribution is 2.38. The molecule has 0 radical (unpaired) electrons. The van der Waals surface area contributed by atoms with E-state index in [1.54, 1.807) is 12.1 Å². The first kappa shape index (κ1) is 31.6. The van der Waals surface area contributed by atoms with E-state index >= 15 is 0 Å². The lowest BCUT2D eigenvalue weighted by Crippen LogP contribution is -2.13. The molecule has 0 spiro atoms. The molecule has 212 valence electrons. The van der Waals surface area contributed by atoms with Gasteiger partial charge in [0.1, 0.15) is 0 Å². The van der Waals surface area contributed by atoms with Gasteiger partial charge in [0.05, 0.1) is 19.8 Å². The van der Waals surface area contributed by atoms with Gasteiger partial charge in [0.15, 0.2) is 11.6 Å². The minimum atomic E-state index is -0.374. The van der Waals surface area contributed by atoms with Gasteiger partial charge in [0, 0.05) is 12.2 Å². The predicted molar refractivity (Wildman–Crippen MR) is 150 cm³/mol. The number of benzene rings is 1. The van der Waals surface area contributed by atoms with Crippen LogP contribution in [0, 0.1) is 11.7 Å². The molecule has 0 N–H and O–H groups in total. The van der Waals surface area contributed by atoms with E-state index in [9.17, 15) is 14.0 Å². The van der Waals surface area contributed by atoms with Crippen LogP contribution in [0.25, 0.3) is 0 Å². The summed E-state index contributed by atoms with van der Waals surface area (Å²) in [5, 5.41) is 0. The van der Waals surface area contributed by atoms with E-state index in [0.717, 1.165) is 69.3 Å². The van der Waals surface area contributed by atoms with Gasteiger partial charge >= 0.3 is 11.9 Å². The van der Waals surface area contributed by atoms with Crippen molar-refractivity contribution in [3.8, 4) is 5.75 Å². The Morgan fingerprint density at radius 1 is 0.763 bits per heavy atom. The Morgan fingerprint density at radius 3 is 1.84 bits per heavy atom. The summed E-state index contributed by atoms with van der Waals surface area (Å²) < 4.78 is 30.3. The fourth-order valence-electron chi connectivity index (χ4n) is 5.12. The highest BCUT2D eigenvalue weighted by molar-refractivity contribution is 5.81. The van der Waals surface area contributed by atoms with Crippen LogP contribution in [0.1, 0.15) is 108 Å². The molecule has 1 saturated carbocycles. The molecular weight excluding hydrogens is 483 g/mol. The molecule has 0 aromatic heterocycles. The molecule has 1 aromatic carbocycles. The van der Waals surface area contributed by atoms with E-state index in [1.807, 2.05) is 6.07 Å². The molecular formula is C32H47FO5. The Hall–Kier alpha value is -2.63. The number of carbonyl (C=O) groups is 2. The molecule has 5 nitrogen and oxygen atoms in total. The molecule has 1 aliphatic rings. The summed E-state index contributed by atoms with van der Waals surface area (Å²) in [5.74, 6) is 0.605. The largest absolute Gasteiger partial charge is 0.491 e.